The van der Waals surface area contributed by atoms with E-state index in [0.717, 1.165) is 0 Å². The van der Waals surface area contributed by atoms with Crippen molar-refractivity contribution in [2.75, 3.05) is 31.6 Å². The molecule has 0 spiro atoms. The summed E-state index contributed by atoms with van der Waals surface area (Å²) in [7, 11) is 0. The van der Waals surface area contributed by atoms with Gasteiger partial charge in [-0.3, -0.25) is 4.79 Å². The fourth-order valence-corrected chi connectivity index (χ4v) is 2.40. The molecule has 13 heteroatoms. The topological polar surface area (TPSA) is 135 Å². The summed E-state index contributed by atoms with van der Waals surface area (Å²) in [4.78, 5) is 48.3. The molecule has 1 unspecified atom stereocenters. The van der Waals surface area contributed by atoms with Gasteiger partial charge in [-0.2, -0.15) is 0 Å². The molecule has 35 heavy (non-hydrogen) atoms. The van der Waals surface area contributed by atoms with E-state index >= 15 is 0 Å². The van der Waals surface area contributed by atoms with Crippen LogP contribution in [0.25, 0.3) is 0 Å². The normalized spacial score (nSPS) is 14.4. The van der Waals surface area contributed by atoms with Crippen LogP contribution in [0.15, 0.2) is 4.99 Å². The third-order valence-corrected chi connectivity index (χ3v) is 5.14. The quantitative estimate of drug-likeness (QED) is 0.221. The van der Waals surface area contributed by atoms with Crippen LogP contribution in [0.5, 0.6) is 0 Å². The molecule has 0 saturated heterocycles. The Bertz CT molecular complexity index is 693. The van der Waals surface area contributed by atoms with Crippen LogP contribution in [0.4, 0.5) is 4.79 Å². The molecule has 0 fully saturated rings. The van der Waals surface area contributed by atoms with E-state index in [1.807, 2.05) is 6.92 Å². The van der Waals surface area contributed by atoms with Gasteiger partial charge in [0.15, 0.2) is 5.54 Å². The number of aliphatic imine (C=N–C) groups is 1. The first-order valence-corrected chi connectivity index (χ1v) is 13.5. The van der Waals surface area contributed by atoms with Crippen LogP contribution in [0.3, 0.4) is 0 Å². The van der Waals surface area contributed by atoms with Crippen molar-refractivity contribution < 1.29 is 33.8 Å². The summed E-state index contributed by atoms with van der Waals surface area (Å²) in [5.41, 5.74) is -2.63. The van der Waals surface area contributed by atoms with Gasteiger partial charge in [-0.15, -0.1) is 0 Å². The number of carbonyl (C=O) groups is 4. The standard InChI is InChI=1S/C7H10BrNO2.C6H10BrNO3.C6H15N.C3H5ClO2/c1-4(8)5-9-7(2,3)6(10)11-5;1-6(2,5(10)11)8-4(9)3-7;1-4-7(5-2)6-3;1-2-6-3(4)5/h4H,1-3H3;3H2,1-2H3,(H,8,9)(H,10,11);4-6H2,1-3H3;2H2,1H3. The summed E-state index contributed by atoms with van der Waals surface area (Å²) in [6.07, 6.45) is 0. The largest absolute Gasteiger partial charge is 0.480 e. The number of rotatable bonds is 8. The van der Waals surface area contributed by atoms with Crippen LogP contribution >= 0.6 is 43.5 Å². The van der Waals surface area contributed by atoms with Crippen molar-refractivity contribution in [1.29, 1.82) is 0 Å². The second kappa shape index (κ2) is 19.9. The van der Waals surface area contributed by atoms with E-state index in [4.69, 9.17) is 21.4 Å². The zero-order chi connectivity index (χ0) is 28.4. The summed E-state index contributed by atoms with van der Waals surface area (Å²) in [6.45, 7) is 20.4. The first-order valence-electron chi connectivity index (χ1n) is 11.1. The Morgan fingerprint density at radius 1 is 1.20 bits per heavy atom. The van der Waals surface area contributed by atoms with E-state index in [1.165, 1.54) is 33.5 Å². The second-order valence-electron chi connectivity index (χ2n) is 7.92. The molecule has 0 radical (unpaired) electrons. The highest BCUT2D eigenvalue weighted by molar-refractivity contribution is 9.10. The molecule has 206 valence electrons. The highest BCUT2D eigenvalue weighted by Crippen LogP contribution is 2.21. The third-order valence-electron chi connectivity index (χ3n) is 4.13. The number of amides is 1. The van der Waals surface area contributed by atoms with Crippen LogP contribution in [0, 0.1) is 0 Å². The molecular weight excluding hydrogens is 614 g/mol. The van der Waals surface area contributed by atoms with Crippen LogP contribution < -0.4 is 5.32 Å². The van der Waals surface area contributed by atoms with E-state index in [0.29, 0.717) is 12.5 Å². The zero-order valence-corrected chi connectivity index (χ0v) is 26.0. The lowest BCUT2D eigenvalue weighted by Crippen LogP contribution is -2.50. The van der Waals surface area contributed by atoms with E-state index < -0.39 is 22.5 Å². The molecule has 0 aromatic heterocycles. The van der Waals surface area contributed by atoms with Crippen LogP contribution in [-0.4, -0.2) is 86.7 Å². The van der Waals surface area contributed by atoms with E-state index in [1.54, 1.807) is 20.8 Å². The molecule has 1 aliphatic rings. The Morgan fingerprint density at radius 3 is 1.80 bits per heavy atom. The molecule has 1 heterocycles. The molecule has 0 aromatic carbocycles. The summed E-state index contributed by atoms with van der Waals surface area (Å²) in [5.74, 6) is -1.19. The van der Waals surface area contributed by atoms with Gasteiger partial charge < -0.3 is 24.8 Å². The molecule has 0 aliphatic carbocycles. The van der Waals surface area contributed by atoms with Crippen LogP contribution in [0.2, 0.25) is 0 Å². The maximum atomic E-state index is 11.1. The first kappa shape index (κ1) is 38.3. The molecular formula is C22H40Br2ClN3O7. The van der Waals surface area contributed by atoms with Gasteiger partial charge in [0.25, 0.3) is 0 Å². The van der Waals surface area contributed by atoms with Crippen molar-refractivity contribution in [2.24, 2.45) is 4.99 Å². The number of hydrogen-bond acceptors (Lipinski definition) is 8. The first-order chi connectivity index (χ1) is 15.9. The Kier molecular flexibility index (Phi) is 21.8. The predicted octanol–water partition coefficient (Wildman–Crippen LogP) is 4.59. The highest BCUT2D eigenvalue weighted by atomic mass is 79.9. The Balaban J connectivity index is -0.000000404. The molecule has 2 N–H and O–H groups in total. The minimum Gasteiger partial charge on any atom is -0.480 e. The highest BCUT2D eigenvalue weighted by Gasteiger charge is 2.37. The van der Waals surface area contributed by atoms with Crippen LogP contribution in [-0.2, 0) is 23.9 Å². The Labute approximate surface area is 230 Å². The van der Waals surface area contributed by atoms with Crippen molar-refractivity contribution >= 4 is 72.6 Å². The molecule has 0 saturated carbocycles. The number of carbonyl (C=O) groups excluding carboxylic acids is 3. The van der Waals surface area contributed by atoms with E-state index in [-0.39, 0.29) is 22.0 Å². The van der Waals surface area contributed by atoms with Crippen molar-refractivity contribution in [1.82, 2.24) is 10.2 Å². The van der Waals surface area contributed by atoms with Gasteiger partial charge in [-0.05, 0) is 61.2 Å². The van der Waals surface area contributed by atoms with E-state index in [9.17, 15) is 19.2 Å². The number of alkyl halides is 2. The minimum atomic E-state index is -1.19. The van der Waals surface area contributed by atoms with Gasteiger partial charge in [0, 0.05) is 11.6 Å². The van der Waals surface area contributed by atoms with Crippen molar-refractivity contribution in [3.8, 4) is 0 Å². The molecule has 1 rings (SSSR count). The van der Waals surface area contributed by atoms with Gasteiger partial charge in [-0.1, -0.05) is 52.6 Å². The minimum absolute atomic E-state index is 0.00762. The Morgan fingerprint density at radius 2 is 1.66 bits per heavy atom. The Hall–Kier alpha value is -1.24. The average molecular weight is 654 g/mol. The number of ether oxygens (including phenoxy) is 2. The maximum Gasteiger partial charge on any atom is 0.403 e. The molecule has 1 aliphatic heterocycles. The number of esters is 1. The molecule has 0 aromatic rings. The average Bonchev–Trinajstić information content (AvgIpc) is 3.03. The second-order valence-corrected chi connectivity index (χ2v) is 10.2. The number of carboxylic acid groups (broad SMARTS) is 1. The lowest BCUT2D eigenvalue weighted by molar-refractivity contribution is -0.145. The fraction of sp³-hybridized carbons (Fsp3) is 0.773. The molecule has 0 bridgehead atoms. The number of carboxylic acids is 1. The van der Waals surface area contributed by atoms with Crippen molar-refractivity contribution in [3.63, 3.8) is 0 Å². The number of cyclic esters (lactones) is 1. The lowest BCUT2D eigenvalue weighted by atomic mass is 10.1. The number of nitrogens with one attached hydrogen (secondary N) is 1. The lowest BCUT2D eigenvalue weighted by Gasteiger charge is -2.19. The van der Waals surface area contributed by atoms with Gasteiger partial charge in [-0.25, -0.2) is 19.4 Å². The number of hydrogen-bond donors (Lipinski definition) is 2. The van der Waals surface area contributed by atoms with E-state index in [2.05, 4.69) is 72.6 Å². The van der Waals surface area contributed by atoms with Crippen molar-refractivity contribution in [3.05, 3.63) is 0 Å². The van der Waals surface area contributed by atoms with Crippen LogP contribution in [0.1, 0.15) is 62.3 Å². The summed E-state index contributed by atoms with van der Waals surface area (Å²) >= 11 is 10.9. The maximum absolute atomic E-state index is 11.1. The number of aliphatic carboxylic acids is 1. The molecule has 10 nitrogen and oxygen atoms in total. The number of nitrogens with zero attached hydrogens (tertiary/aromatic N) is 2. The monoisotopic (exact) mass is 651 g/mol. The molecule has 1 amide bonds. The van der Waals surface area contributed by atoms with Crippen molar-refractivity contribution in [2.45, 2.75) is 78.2 Å². The number of halogens is 3. The molecule has 1 atom stereocenters. The fourth-order valence-electron chi connectivity index (χ4n) is 1.95. The van der Waals surface area contributed by atoms with Gasteiger partial charge in [0.2, 0.25) is 11.8 Å². The summed E-state index contributed by atoms with van der Waals surface area (Å²) in [5, 5.41) is 11.0. The zero-order valence-electron chi connectivity index (χ0n) is 22.0. The summed E-state index contributed by atoms with van der Waals surface area (Å²) < 4.78 is 9.07. The smallest absolute Gasteiger partial charge is 0.403 e. The van der Waals surface area contributed by atoms with Gasteiger partial charge in [0.05, 0.1) is 16.8 Å². The van der Waals surface area contributed by atoms with Gasteiger partial charge >= 0.3 is 17.4 Å². The summed E-state index contributed by atoms with van der Waals surface area (Å²) in [6, 6.07) is 0. The van der Waals surface area contributed by atoms with Gasteiger partial charge in [0.1, 0.15) is 5.54 Å². The third kappa shape index (κ3) is 19.6. The predicted molar refractivity (Wildman–Crippen MR) is 146 cm³/mol. The SMILES string of the molecule is CC(Br)C1=NC(C)(C)C(=O)O1.CC(C)(NC(=O)CBr)C(=O)O.CCN(CC)CC.CCOC(=O)Cl.